The third-order valence-corrected chi connectivity index (χ3v) is 2.74. The van der Waals surface area contributed by atoms with Crippen molar-refractivity contribution in [3.05, 3.63) is 23.5 Å². The van der Waals surface area contributed by atoms with Crippen LogP contribution < -0.4 is 0 Å². The first-order chi connectivity index (χ1) is 6.15. The summed E-state index contributed by atoms with van der Waals surface area (Å²) >= 11 is 3.49. The normalized spacial score (nSPS) is 12.5. The fraction of sp³-hybridized carbons (Fsp3) is 0.500. The van der Waals surface area contributed by atoms with Crippen LogP contribution in [-0.2, 0) is 7.05 Å². The van der Waals surface area contributed by atoms with E-state index in [0.29, 0.717) is 5.92 Å². The van der Waals surface area contributed by atoms with E-state index in [1.54, 1.807) is 0 Å². The maximum atomic E-state index is 4.12. The van der Waals surface area contributed by atoms with Gasteiger partial charge in [-0.05, 0) is 18.1 Å². The van der Waals surface area contributed by atoms with E-state index in [9.17, 15) is 0 Å². The molecular weight excluding hydrogens is 228 g/mol. The molecule has 0 atom stereocenters. The van der Waals surface area contributed by atoms with Crippen LogP contribution in [0.5, 0.6) is 0 Å². The highest BCUT2D eigenvalue weighted by atomic mass is 79.9. The summed E-state index contributed by atoms with van der Waals surface area (Å²) in [5.74, 6) is 0.578. The molecule has 0 fully saturated rings. The Morgan fingerprint density at radius 2 is 2.38 bits per heavy atom. The van der Waals surface area contributed by atoms with Crippen molar-refractivity contribution in [1.29, 1.82) is 0 Å². The van der Waals surface area contributed by atoms with Crippen molar-refractivity contribution in [2.75, 3.05) is 5.33 Å². The predicted molar refractivity (Wildman–Crippen MR) is 59.8 cm³/mol. The molecule has 0 bridgehead atoms. The van der Waals surface area contributed by atoms with E-state index in [2.05, 4.69) is 41.0 Å². The van der Waals surface area contributed by atoms with Crippen LogP contribution in [0.4, 0.5) is 0 Å². The molecule has 0 saturated carbocycles. The number of halogens is 1. The molecule has 0 spiro atoms. The summed E-state index contributed by atoms with van der Waals surface area (Å²) in [7, 11) is 1.96. The monoisotopic (exact) mass is 242 g/mol. The molecule has 72 valence electrons. The molecular formula is C10H15BrN2. The lowest BCUT2D eigenvalue weighted by Gasteiger charge is -2.07. The van der Waals surface area contributed by atoms with Gasteiger partial charge in [0.05, 0.1) is 5.69 Å². The number of aryl methyl sites for hydroxylation is 1. The van der Waals surface area contributed by atoms with E-state index in [1.807, 2.05) is 24.0 Å². The molecule has 0 unspecified atom stereocenters. The minimum Gasteiger partial charge on any atom is -0.269 e. The fourth-order valence-electron chi connectivity index (χ4n) is 1.08. The number of aromatic nitrogens is 2. The molecule has 1 rings (SSSR count). The first-order valence-corrected chi connectivity index (χ1v) is 5.51. The van der Waals surface area contributed by atoms with Gasteiger partial charge in [0.2, 0.25) is 0 Å². The van der Waals surface area contributed by atoms with Gasteiger partial charge in [-0.25, -0.2) is 0 Å². The maximum Gasteiger partial charge on any atom is 0.0606 e. The zero-order chi connectivity index (χ0) is 9.84. The van der Waals surface area contributed by atoms with Crippen molar-refractivity contribution in [1.82, 2.24) is 9.78 Å². The summed E-state index contributed by atoms with van der Waals surface area (Å²) in [6, 6.07) is 2.02. The van der Waals surface area contributed by atoms with Gasteiger partial charge in [-0.15, -0.1) is 0 Å². The number of hydrogen-bond acceptors (Lipinski definition) is 1. The van der Waals surface area contributed by atoms with Gasteiger partial charge in [-0.3, -0.25) is 4.68 Å². The summed E-state index contributed by atoms with van der Waals surface area (Å²) in [5.41, 5.74) is 2.55. The molecule has 0 amide bonds. The van der Waals surface area contributed by atoms with Crippen LogP contribution in [0.25, 0.3) is 6.08 Å². The predicted octanol–water partition coefficient (Wildman–Crippen LogP) is 2.85. The quantitative estimate of drug-likeness (QED) is 0.746. The molecule has 0 saturated heterocycles. The average Bonchev–Trinajstić information content (AvgIpc) is 2.46. The zero-order valence-electron chi connectivity index (χ0n) is 8.29. The van der Waals surface area contributed by atoms with Crippen molar-refractivity contribution in [3.8, 4) is 0 Å². The van der Waals surface area contributed by atoms with E-state index in [0.717, 1.165) is 11.0 Å². The third kappa shape index (κ3) is 2.69. The van der Waals surface area contributed by atoms with E-state index < -0.39 is 0 Å². The Bertz CT molecular complexity index is 300. The lowest BCUT2D eigenvalue weighted by Crippen LogP contribution is -1.98. The van der Waals surface area contributed by atoms with Gasteiger partial charge in [0.15, 0.2) is 0 Å². The first-order valence-electron chi connectivity index (χ1n) is 4.39. The van der Waals surface area contributed by atoms with Gasteiger partial charge in [0.25, 0.3) is 0 Å². The van der Waals surface area contributed by atoms with Crippen molar-refractivity contribution in [2.24, 2.45) is 13.0 Å². The van der Waals surface area contributed by atoms with Gasteiger partial charge in [-0.2, -0.15) is 5.10 Å². The molecule has 0 aliphatic heterocycles. The molecule has 0 radical (unpaired) electrons. The molecule has 3 heteroatoms. The highest BCUT2D eigenvalue weighted by Gasteiger charge is 2.02. The van der Waals surface area contributed by atoms with Crippen LogP contribution in [-0.4, -0.2) is 15.1 Å². The highest BCUT2D eigenvalue weighted by molar-refractivity contribution is 9.09. The minimum atomic E-state index is 0.578. The maximum absolute atomic E-state index is 4.12. The topological polar surface area (TPSA) is 17.8 Å². The third-order valence-electron chi connectivity index (χ3n) is 2.09. The molecule has 1 aromatic rings. The first kappa shape index (κ1) is 10.5. The van der Waals surface area contributed by atoms with E-state index >= 15 is 0 Å². The summed E-state index contributed by atoms with van der Waals surface area (Å²) in [6.07, 6.45) is 4.00. The van der Waals surface area contributed by atoms with Crippen molar-refractivity contribution in [2.45, 2.75) is 13.8 Å². The van der Waals surface area contributed by atoms with Crippen LogP contribution >= 0.6 is 15.9 Å². The van der Waals surface area contributed by atoms with E-state index in [4.69, 9.17) is 0 Å². The van der Waals surface area contributed by atoms with Crippen LogP contribution in [0, 0.1) is 5.92 Å². The summed E-state index contributed by atoms with van der Waals surface area (Å²) < 4.78 is 1.88. The SMILES string of the molecule is CC(C)/C(=C/c1ccnn1C)CBr. The molecule has 2 nitrogen and oxygen atoms in total. The van der Waals surface area contributed by atoms with Gasteiger partial charge >= 0.3 is 0 Å². The summed E-state index contributed by atoms with van der Waals surface area (Å²) in [4.78, 5) is 0. The number of alkyl halides is 1. The van der Waals surface area contributed by atoms with Gasteiger partial charge < -0.3 is 0 Å². The Hall–Kier alpha value is -0.570. The summed E-state index contributed by atoms with van der Waals surface area (Å²) in [6.45, 7) is 4.40. The van der Waals surface area contributed by atoms with Gasteiger partial charge in [0, 0.05) is 18.6 Å². The lowest BCUT2D eigenvalue weighted by molar-refractivity contribution is 0.750. The van der Waals surface area contributed by atoms with Crippen LogP contribution in [0.1, 0.15) is 19.5 Å². The molecule has 0 aliphatic rings. The largest absolute Gasteiger partial charge is 0.269 e. The van der Waals surface area contributed by atoms with Crippen LogP contribution in [0.3, 0.4) is 0 Å². The van der Waals surface area contributed by atoms with Gasteiger partial charge in [0.1, 0.15) is 0 Å². The molecule has 0 aliphatic carbocycles. The van der Waals surface area contributed by atoms with Crippen LogP contribution in [0.15, 0.2) is 17.8 Å². The minimum absolute atomic E-state index is 0.578. The Balaban J connectivity index is 2.91. The highest BCUT2D eigenvalue weighted by Crippen LogP contribution is 2.16. The number of hydrogen-bond donors (Lipinski definition) is 0. The number of allylic oxidation sites excluding steroid dienone is 1. The number of rotatable bonds is 3. The summed E-state index contributed by atoms with van der Waals surface area (Å²) in [5, 5.41) is 5.05. The number of nitrogens with zero attached hydrogens (tertiary/aromatic N) is 2. The Labute approximate surface area is 87.8 Å². The molecule has 0 aromatic carbocycles. The Morgan fingerprint density at radius 1 is 1.69 bits per heavy atom. The molecule has 1 aromatic heterocycles. The van der Waals surface area contributed by atoms with Gasteiger partial charge in [-0.1, -0.05) is 35.4 Å². The zero-order valence-corrected chi connectivity index (χ0v) is 9.87. The lowest BCUT2D eigenvalue weighted by atomic mass is 10.0. The standard InChI is InChI=1S/C10H15BrN2/c1-8(2)9(7-11)6-10-4-5-12-13(10)3/h4-6,8H,7H2,1-3H3/b9-6+. The van der Waals surface area contributed by atoms with E-state index in [1.165, 1.54) is 5.57 Å². The van der Waals surface area contributed by atoms with Crippen LogP contribution in [0.2, 0.25) is 0 Å². The Morgan fingerprint density at radius 3 is 2.77 bits per heavy atom. The second-order valence-electron chi connectivity index (χ2n) is 3.39. The van der Waals surface area contributed by atoms with Crippen molar-refractivity contribution < 1.29 is 0 Å². The van der Waals surface area contributed by atoms with Crippen molar-refractivity contribution >= 4 is 22.0 Å². The van der Waals surface area contributed by atoms with E-state index in [-0.39, 0.29) is 0 Å². The second-order valence-corrected chi connectivity index (χ2v) is 3.95. The fourth-order valence-corrected chi connectivity index (χ4v) is 1.88. The average molecular weight is 243 g/mol. The van der Waals surface area contributed by atoms with Crippen molar-refractivity contribution in [3.63, 3.8) is 0 Å². The molecule has 0 N–H and O–H groups in total. The Kier molecular flexibility index (Phi) is 3.72. The molecule has 1 heterocycles. The molecule has 13 heavy (non-hydrogen) atoms. The smallest absolute Gasteiger partial charge is 0.0606 e. The second kappa shape index (κ2) is 4.61.